The molecule has 0 aliphatic heterocycles. The molecule has 2 aromatic carbocycles. The Morgan fingerprint density at radius 1 is 1.03 bits per heavy atom. The predicted molar refractivity (Wildman–Crippen MR) is 118 cm³/mol. The largest absolute Gasteiger partial charge is 0.457 e. The van der Waals surface area contributed by atoms with Gasteiger partial charge in [0.05, 0.1) is 36.7 Å². The quantitative estimate of drug-likeness (QED) is 0.353. The average Bonchev–Trinajstić information content (AvgIpc) is 3.24. The number of nitrogens with one attached hydrogen (secondary N) is 1. The topological polar surface area (TPSA) is 125 Å². The van der Waals surface area contributed by atoms with Crippen molar-refractivity contribution in [2.45, 2.75) is 31.4 Å². The number of aliphatic hydroxyl groups is 3. The van der Waals surface area contributed by atoms with Gasteiger partial charge in [-0.3, -0.25) is 0 Å². The van der Waals surface area contributed by atoms with Gasteiger partial charge in [0.15, 0.2) is 0 Å². The van der Waals surface area contributed by atoms with Crippen LogP contribution in [0, 0.1) is 0 Å². The summed E-state index contributed by atoms with van der Waals surface area (Å²) in [6, 6.07) is 14.7. The zero-order valence-corrected chi connectivity index (χ0v) is 17.6. The molecular weight excluding hydrogens is 406 g/mol. The smallest absolute Gasteiger partial charge is 0.127 e. The first-order valence-electron chi connectivity index (χ1n) is 9.57. The molecule has 0 radical (unpaired) electrons. The molecule has 0 fully saturated rings. The van der Waals surface area contributed by atoms with Gasteiger partial charge in [-0.25, -0.2) is 4.98 Å². The Morgan fingerprint density at radius 3 is 2.10 bits per heavy atom. The fourth-order valence-corrected chi connectivity index (χ4v) is 2.97. The number of nitrogens with zero attached hydrogens (tertiary/aromatic N) is 1. The van der Waals surface area contributed by atoms with E-state index in [0.717, 1.165) is 23.5 Å². The number of imidazole rings is 1. The summed E-state index contributed by atoms with van der Waals surface area (Å²) in [7, 11) is 0. The molecule has 0 aliphatic rings. The first-order chi connectivity index (χ1) is 14.0. The molecule has 0 saturated heterocycles. The van der Waals surface area contributed by atoms with E-state index in [-0.39, 0.29) is 18.8 Å². The summed E-state index contributed by atoms with van der Waals surface area (Å²) in [5.74, 6) is 2.28. The standard InChI is InChI=1S/C22H27N3O4.ClH/c1-2-21-24-12-19(25-21)15-3-7-17(8-4-15)29-18-9-5-16(6-10-18)20(28)11-22(23,13-26)14-27;/h3-10,12,20,26-28H,2,11,13-14,23H2,1H3,(H,24,25);1H. The molecule has 3 rings (SSSR count). The van der Waals surface area contributed by atoms with Crippen LogP contribution in [0.2, 0.25) is 0 Å². The number of aliphatic hydroxyl groups excluding tert-OH is 3. The van der Waals surface area contributed by atoms with Gasteiger partial charge in [0.25, 0.3) is 0 Å². The Hall–Kier alpha value is -2.42. The van der Waals surface area contributed by atoms with Crippen LogP contribution in [0.5, 0.6) is 11.5 Å². The lowest BCUT2D eigenvalue weighted by atomic mass is 9.92. The van der Waals surface area contributed by atoms with Gasteiger partial charge in [-0.2, -0.15) is 0 Å². The van der Waals surface area contributed by atoms with Gasteiger partial charge in [0.2, 0.25) is 0 Å². The second kappa shape index (κ2) is 10.6. The van der Waals surface area contributed by atoms with Crippen LogP contribution in [-0.2, 0) is 6.42 Å². The van der Waals surface area contributed by atoms with Crippen LogP contribution in [0.1, 0.15) is 30.8 Å². The summed E-state index contributed by atoms with van der Waals surface area (Å²) in [6.45, 7) is 1.24. The Labute approximate surface area is 182 Å². The number of ether oxygens (including phenoxy) is 1. The summed E-state index contributed by atoms with van der Waals surface area (Å²) < 4.78 is 5.86. The molecule has 1 heterocycles. The van der Waals surface area contributed by atoms with Crippen LogP contribution in [0.15, 0.2) is 54.7 Å². The summed E-state index contributed by atoms with van der Waals surface area (Å²) in [5.41, 5.74) is 7.25. The van der Waals surface area contributed by atoms with Gasteiger partial charge in [0, 0.05) is 6.42 Å². The third-order valence-corrected chi connectivity index (χ3v) is 4.86. The molecule has 3 aromatic rings. The van der Waals surface area contributed by atoms with Crippen molar-refractivity contribution in [3.8, 4) is 22.8 Å². The van der Waals surface area contributed by atoms with Crippen molar-refractivity contribution in [2.24, 2.45) is 5.73 Å². The predicted octanol–water partition coefficient (Wildman–Crippen LogP) is 2.96. The van der Waals surface area contributed by atoms with Crippen LogP contribution in [0.4, 0.5) is 0 Å². The summed E-state index contributed by atoms with van der Waals surface area (Å²) in [5, 5.41) is 28.9. The van der Waals surface area contributed by atoms with E-state index in [9.17, 15) is 15.3 Å². The fourth-order valence-electron chi connectivity index (χ4n) is 2.97. The van der Waals surface area contributed by atoms with Gasteiger partial charge >= 0.3 is 0 Å². The maximum atomic E-state index is 10.3. The van der Waals surface area contributed by atoms with Crippen molar-refractivity contribution in [2.75, 3.05) is 13.2 Å². The summed E-state index contributed by atoms with van der Waals surface area (Å²) >= 11 is 0. The van der Waals surface area contributed by atoms with Crippen molar-refractivity contribution in [1.82, 2.24) is 9.97 Å². The molecule has 8 heteroatoms. The van der Waals surface area contributed by atoms with Crippen LogP contribution in [0.25, 0.3) is 11.3 Å². The van der Waals surface area contributed by atoms with E-state index in [1.807, 2.05) is 30.5 Å². The molecule has 0 saturated carbocycles. The van der Waals surface area contributed by atoms with E-state index in [2.05, 4.69) is 16.9 Å². The monoisotopic (exact) mass is 433 g/mol. The third kappa shape index (κ3) is 5.81. The van der Waals surface area contributed by atoms with Crippen LogP contribution < -0.4 is 10.5 Å². The highest BCUT2D eigenvalue weighted by molar-refractivity contribution is 5.85. The highest BCUT2D eigenvalue weighted by Gasteiger charge is 2.27. The number of aromatic amines is 1. The Balaban J connectivity index is 0.00000320. The summed E-state index contributed by atoms with van der Waals surface area (Å²) in [4.78, 5) is 7.59. The molecule has 0 spiro atoms. The molecule has 1 unspecified atom stereocenters. The van der Waals surface area contributed by atoms with E-state index in [4.69, 9.17) is 10.5 Å². The second-order valence-electron chi connectivity index (χ2n) is 7.19. The molecule has 30 heavy (non-hydrogen) atoms. The molecule has 1 aromatic heterocycles. The van der Waals surface area contributed by atoms with E-state index in [1.54, 1.807) is 24.3 Å². The Bertz CT molecular complexity index is 909. The van der Waals surface area contributed by atoms with Gasteiger partial charge in [0.1, 0.15) is 17.3 Å². The van der Waals surface area contributed by atoms with Crippen LogP contribution >= 0.6 is 12.4 Å². The van der Waals surface area contributed by atoms with E-state index in [1.165, 1.54) is 0 Å². The summed E-state index contributed by atoms with van der Waals surface area (Å²) in [6.07, 6.45) is 1.84. The highest BCUT2D eigenvalue weighted by atomic mass is 35.5. The first-order valence-corrected chi connectivity index (χ1v) is 9.57. The molecule has 0 amide bonds. The lowest BCUT2D eigenvalue weighted by molar-refractivity contribution is 0.0618. The average molecular weight is 434 g/mol. The third-order valence-electron chi connectivity index (χ3n) is 4.86. The lowest BCUT2D eigenvalue weighted by Crippen LogP contribution is -2.48. The molecular formula is C22H28ClN3O4. The minimum absolute atomic E-state index is 0. The number of H-pyrrole nitrogens is 1. The first kappa shape index (κ1) is 23.9. The number of benzene rings is 2. The molecule has 0 aliphatic carbocycles. The Kier molecular flexibility index (Phi) is 8.40. The molecule has 1 atom stereocenters. The van der Waals surface area contributed by atoms with Gasteiger partial charge in [-0.15, -0.1) is 12.4 Å². The van der Waals surface area contributed by atoms with Gasteiger partial charge in [-0.05, 0) is 53.9 Å². The van der Waals surface area contributed by atoms with Crippen molar-refractivity contribution >= 4 is 12.4 Å². The molecule has 6 N–H and O–H groups in total. The molecule has 7 nitrogen and oxygen atoms in total. The van der Waals surface area contributed by atoms with E-state index in [0.29, 0.717) is 17.1 Å². The van der Waals surface area contributed by atoms with Gasteiger partial charge < -0.3 is 30.8 Å². The number of halogens is 1. The highest BCUT2D eigenvalue weighted by Crippen LogP contribution is 2.28. The van der Waals surface area contributed by atoms with Crippen molar-refractivity contribution in [3.05, 3.63) is 66.1 Å². The van der Waals surface area contributed by atoms with Crippen molar-refractivity contribution in [3.63, 3.8) is 0 Å². The van der Waals surface area contributed by atoms with Crippen molar-refractivity contribution < 1.29 is 20.1 Å². The number of rotatable bonds is 9. The maximum Gasteiger partial charge on any atom is 0.127 e. The number of hydrogen-bond acceptors (Lipinski definition) is 6. The number of aryl methyl sites for hydroxylation is 1. The van der Waals surface area contributed by atoms with E-state index < -0.39 is 24.9 Å². The zero-order valence-electron chi connectivity index (χ0n) is 16.8. The maximum absolute atomic E-state index is 10.3. The van der Waals surface area contributed by atoms with Crippen molar-refractivity contribution in [1.29, 1.82) is 0 Å². The van der Waals surface area contributed by atoms with Gasteiger partial charge in [-0.1, -0.05) is 19.1 Å². The minimum atomic E-state index is -1.22. The zero-order chi connectivity index (χ0) is 20.9. The van der Waals surface area contributed by atoms with Crippen LogP contribution in [-0.4, -0.2) is 44.0 Å². The normalized spacial score (nSPS) is 12.3. The Morgan fingerprint density at radius 2 is 1.60 bits per heavy atom. The molecule has 0 bridgehead atoms. The number of aromatic nitrogens is 2. The molecule has 162 valence electrons. The SMILES string of the molecule is CCc1ncc(-c2ccc(Oc3ccc(C(O)CC(N)(CO)CO)cc3)cc2)[nH]1.Cl. The number of nitrogens with two attached hydrogens (primary N) is 1. The second-order valence-corrected chi connectivity index (χ2v) is 7.19. The van der Waals surface area contributed by atoms with E-state index >= 15 is 0 Å². The lowest BCUT2D eigenvalue weighted by Gasteiger charge is -2.27. The number of hydrogen-bond donors (Lipinski definition) is 5. The van der Waals surface area contributed by atoms with Crippen LogP contribution in [0.3, 0.4) is 0 Å². The fraction of sp³-hybridized carbons (Fsp3) is 0.318. The minimum Gasteiger partial charge on any atom is -0.457 e.